The molecular formula is C11H20N2O3. The largest absolute Gasteiger partial charge is 0.468 e. The number of ether oxygens (including phenoxy) is 2. The van der Waals surface area contributed by atoms with Gasteiger partial charge in [-0.3, -0.25) is 9.69 Å². The number of morpholine rings is 1. The molecule has 0 aliphatic carbocycles. The molecule has 1 N–H and O–H groups in total. The molecule has 2 fully saturated rings. The van der Waals surface area contributed by atoms with Crippen LogP contribution >= 0.6 is 0 Å². The maximum atomic E-state index is 11.3. The Hall–Kier alpha value is -0.650. The monoisotopic (exact) mass is 228 g/mol. The number of carbonyl (C=O) groups is 1. The van der Waals surface area contributed by atoms with E-state index in [1.807, 2.05) is 0 Å². The summed E-state index contributed by atoms with van der Waals surface area (Å²) in [5, 5.41) is 3.26. The molecule has 0 aromatic rings. The molecular weight excluding hydrogens is 208 g/mol. The second-order valence-corrected chi connectivity index (χ2v) is 4.36. The van der Waals surface area contributed by atoms with Crippen LogP contribution in [0, 0.1) is 0 Å². The molecule has 0 aromatic carbocycles. The number of hydrogen-bond donors (Lipinski definition) is 1. The topological polar surface area (TPSA) is 50.8 Å². The average Bonchev–Trinajstić information content (AvgIpc) is 2.39. The standard InChI is InChI=1S/C11H20N2O3/c1-15-11(14)10-3-2-9(8-12-10)13-4-6-16-7-5-13/h9-10,12H,2-8H2,1H3/t9?,10-/m0/s1. The van der Waals surface area contributed by atoms with Gasteiger partial charge in [0.05, 0.1) is 20.3 Å². The molecule has 2 aliphatic rings. The minimum Gasteiger partial charge on any atom is -0.468 e. The molecule has 0 spiro atoms. The van der Waals surface area contributed by atoms with Crippen molar-refractivity contribution in [3.05, 3.63) is 0 Å². The zero-order chi connectivity index (χ0) is 11.4. The molecule has 1 unspecified atom stereocenters. The molecule has 16 heavy (non-hydrogen) atoms. The Morgan fingerprint density at radius 1 is 1.38 bits per heavy atom. The van der Waals surface area contributed by atoms with Crippen LogP contribution < -0.4 is 5.32 Å². The molecule has 5 nitrogen and oxygen atoms in total. The number of carbonyl (C=O) groups excluding carboxylic acids is 1. The smallest absolute Gasteiger partial charge is 0.322 e. The Bertz CT molecular complexity index is 233. The maximum absolute atomic E-state index is 11.3. The van der Waals surface area contributed by atoms with E-state index >= 15 is 0 Å². The minimum atomic E-state index is -0.138. The van der Waals surface area contributed by atoms with Gasteiger partial charge in [0, 0.05) is 25.7 Å². The van der Waals surface area contributed by atoms with Gasteiger partial charge in [0.1, 0.15) is 6.04 Å². The lowest BCUT2D eigenvalue weighted by molar-refractivity contribution is -0.144. The molecule has 2 rings (SSSR count). The van der Waals surface area contributed by atoms with Gasteiger partial charge in [-0.05, 0) is 12.8 Å². The van der Waals surface area contributed by atoms with E-state index in [1.54, 1.807) is 0 Å². The molecule has 0 radical (unpaired) electrons. The van der Waals surface area contributed by atoms with E-state index < -0.39 is 0 Å². The molecule has 0 saturated carbocycles. The van der Waals surface area contributed by atoms with Gasteiger partial charge in [0.25, 0.3) is 0 Å². The van der Waals surface area contributed by atoms with E-state index in [1.165, 1.54) is 7.11 Å². The van der Waals surface area contributed by atoms with Gasteiger partial charge in [-0.2, -0.15) is 0 Å². The fraction of sp³-hybridized carbons (Fsp3) is 0.909. The van der Waals surface area contributed by atoms with Crippen molar-refractivity contribution < 1.29 is 14.3 Å². The molecule has 0 amide bonds. The summed E-state index contributed by atoms with van der Waals surface area (Å²) in [4.78, 5) is 13.8. The van der Waals surface area contributed by atoms with Gasteiger partial charge < -0.3 is 14.8 Å². The highest BCUT2D eigenvalue weighted by Gasteiger charge is 2.29. The molecule has 2 atom stereocenters. The van der Waals surface area contributed by atoms with E-state index in [0.717, 1.165) is 45.7 Å². The summed E-state index contributed by atoms with van der Waals surface area (Å²) in [6, 6.07) is 0.437. The van der Waals surface area contributed by atoms with Crippen LogP contribution in [0.1, 0.15) is 12.8 Å². The highest BCUT2D eigenvalue weighted by atomic mass is 16.5. The molecule has 5 heteroatoms. The fourth-order valence-corrected chi connectivity index (χ4v) is 2.44. The Morgan fingerprint density at radius 2 is 2.12 bits per heavy atom. The predicted octanol–water partition coefficient (Wildman–Crippen LogP) is -0.388. The highest BCUT2D eigenvalue weighted by Crippen LogP contribution is 2.15. The maximum Gasteiger partial charge on any atom is 0.322 e. The molecule has 0 bridgehead atoms. The van der Waals surface area contributed by atoms with Crippen LogP contribution in [0.3, 0.4) is 0 Å². The lowest BCUT2D eigenvalue weighted by atomic mass is 9.99. The van der Waals surface area contributed by atoms with Crippen molar-refractivity contribution in [1.29, 1.82) is 0 Å². The Morgan fingerprint density at radius 3 is 2.69 bits per heavy atom. The van der Waals surface area contributed by atoms with Gasteiger partial charge in [-0.15, -0.1) is 0 Å². The van der Waals surface area contributed by atoms with Crippen LogP contribution in [-0.4, -0.2) is 62.9 Å². The van der Waals surface area contributed by atoms with Crippen molar-refractivity contribution in [2.75, 3.05) is 40.0 Å². The van der Waals surface area contributed by atoms with Crippen LogP contribution in [0.25, 0.3) is 0 Å². The van der Waals surface area contributed by atoms with Crippen molar-refractivity contribution in [3.8, 4) is 0 Å². The highest BCUT2D eigenvalue weighted by molar-refractivity contribution is 5.75. The van der Waals surface area contributed by atoms with Gasteiger partial charge in [0.15, 0.2) is 0 Å². The summed E-state index contributed by atoms with van der Waals surface area (Å²) < 4.78 is 10.1. The van der Waals surface area contributed by atoms with E-state index in [4.69, 9.17) is 9.47 Å². The van der Waals surface area contributed by atoms with Crippen molar-refractivity contribution in [3.63, 3.8) is 0 Å². The first-order chi connectivity index (χ1) is 7.81. The van der Waals surface area contributed by atoms with E-state index in [9.17, 15) is 4.79 Å². The molecule has 2 aliphatic heterocycles. The zero-order valence-electron chi connectivity index (χ0n) is 9.78. The normalized spacial score (nSPS) is 32.3. The van der Waals surface area contributed by atoms with Crippen molar-refractivity contribution in [1.82, 2.24) is 10.2 Å². The van der Waals surface area contributed by atoms with Crippen molar-refractivity contribution in [2.45, 2.75) is 24.9 Å². The van der Waals surface area contributed by atoms with Crippen molar-refractivity contribution >= 4 is 5.97 Å². The Balaban J connectivity index is 1.78. The first-order valence-electron chi connectivity index (χ1n) is 5.94. The Kier molecular flexibility index (Phi) is 4.15. The lowest BCUT2D eigenvalue weighted by Crippen LogP contribution is -2.54. The number of methoxy groups -OCH3 is 1. The number of piperidine rings is 1. The molecule has 2 saturated heterocycles. The van der Waals surface area contributed by atoms with Crippen LogP contribution in [-0.2, 0) is 14.3 Å². The number of nitrogens with one attached hydrogen (secondary N) is 1. The summed E-state index contributed by atoms with van der Waals surface area (Å²) in [5.41, 5.74) is 0. The summed E-state index contributed by atoms with van der Waals surface area (Å²) >= 11 is 0. The van der Waals surface area contributed by atoms with Gasteiger partial charge in [-0.1, -0.05) is 0 Å². The number of rotatable bonds is 2. The number of esters is 1. The van der Waals surface area contributed by atoms with Crippen LogP contribution in [0.4, 0.5) is 0 Å². The fourth-order valence-electron chi connectivity index (χ4n) is 2.44. The van der Waals surface area contributed by atoms with Gasteiger partial charge in [-0.25, -0.2) is 0 Å². The van der Waals surface area contributed by atoms with E-state index in [2.05, 4.69) is 10.2 Å². The third-order valence-electron chi connectivity index (χ3n) is 3.44. The number of nitrogens with zero attached hydrogens (tertiary/aromatic N) is 1. The molecule has 2 heterocycles. The van der Waals surface area contributed by atoms with Gasteiger partial charge >= 0.3 is 5.97 Å². The summed E-state index contributed by atoms with van der Waals surface area (Å²) in [6.07, 6.45) is 1.93. The van der Waals surface area contributed by atoms with Crippen LogP contribution in [0.15, 0.2) is 0 Å². The van der Waals surface area contributed by atoms with E-state index in [-0.39, 0.29) is 12.0 Å². The molecule has 0 aromatic heterocycles. The quantitative estimate of drug-likeness (QED) is 0.653. The first kappa shape index (κ1) is 11.8. The third-order valence-corrected chi connectivity index (χ3v) is 3.44. The summed E-state index contributed by atoms with van der Waals surface area (Å²) in [7, 11) is 1.44. The van der Waals surface area contributed by atoms with Crippen LogP contribution in [0.5, 0.6) is 0 Å². The average molecular weight is 228 g/mol. The van der Waals surface area contributed by atoms with Crippen molar-refractivity contribution in [2.24, 2.45) is 0 Å². The summed E-state index contributed by atoms with van der Waals surface area (Å²) in [5.74, 6) is -0.138. The number of hydrogen-bond acceptors (Lipinski definition) is 5. The van der Waals surface area contributed by atoms with Gasteiger partial charge in [0.2, 0.25) is 0 Å². The molecule has 92 valence electrons. The minimum absolute atomic E-state index is 0.109. The predicted molar refractivity (Wildman–Crippen MR) is 59.2 cm³/mol. The van der Waals surface area contributed by atoms with E-state index in [0.29, 0.717) is 6.04 Å². The third kappa shape index (κ3) is 2.72. The Labute approximate surface area is 96.1 Å². The zero-order valence-corrected chi connectivity index (χ0v) is 9.78. The van der Waals surface area contributed by atoms with Crippen LogP contribution in [0.2, 0.25) is 0 Å². The first-order valence-corrected chi connectivity index (χ1v) is 5.94. The lowest BCUT2D eigenvalue weighted by Gasteiger charge is -2.38. The second-order valence-electron chi connectivity index (χ2n) is 4.36. The SMILES string of the molecule is COC(=O)[C@@H]1CCC(N2CCOCC2)CN1. The summed E-state index contributed by atoms with van der Waals surface area (Å²) in [6.45, 7) is 4.55. The second kappa shape index (κ2) is 5.61.